The lowest BCUT2D eigenvalue weighted by Crippen LogP contribution is -2.51. The summed E-state index contributed by atoms with van der Waals surface area (Å²) >= 11 is 0. The van der Waals surface area contributed by atoms with Gasteiger partial charge in [0.2, 0.25) is 11.9 Å². The van der Waals surface area contributed by atoms with Crippen molar-refractivity contribution in [2.24, 2.45) is 11.8 Å². The first-order valence-electron chi connectivity index (χ1n) is 11.6. The molecule has 1 fully saturated rings. The number of ether oxygens (including phenoxy) is 1. The lowest BCUT2D eigenvalue weighted by molar-refractivity contribution is -0.535. The number of nitrogens with one attached hydrogen (secondary N) is 2. The molecular weight excluding hydrogens is 476 g/mol. The highest BCUT2D eigenvalue weighted by molar-refractivity contribution is 5.86. The average Bonchev–Trinajstić information content (AvgIpc) is 3.23. The molecular formula is C25H29F2N3O6. The van der Waals surface area contributed by atoms with Gasteiger partial charge in [0.25, 0.3) is 0 Å². The van der Waals surface area contributed by atoms with E-state index in [1.54, 1.807) is 30.3 Å². The lowest BCUT2D eigenvalue weighted by Gasteiger charge is -2.32. The van der Waals surface area contributed by atoms with Gasteiger partial charge in [-0.3, -0.25) is 25.0 Å². The van der Waals surface area contributed by atoms with Crippen LogP contribution in [0.15, 0.2) is 48.5 Å². The maximum atomic E-state index is 13.7. The number of hydrogen-bond donors (Lipinski definition) is 3. The first-order chi connectivity index (χ1) is 17.1. The Morgan fingerprint density at radius 2 is 1.83 bits per heavy atom. The molecule has 6 atom stereocenters. The third-order valence-electron chi connectivity index (χ3n) is 6.53. The van der Waals surface area contributed by atoms with E-state index in [9.17, 15) is 28.5 Å². The summed E-state index contributed by atoms with van der Waals surface area (Å²) in [5.74, 6) is -4.81. The molecule has 1 amide bonds. The predicted molar refractivity (Wildman–Crippen MR) is 125 cm³/mol. The van der Waals surface area contributed by atoms with E-state index in [4.69, 9.17) is 9.84 Å². The molecule has 3 N–H and O–H groups in total. The first kappa shape index (κ1) is 27.2. The maximum Gasteiger partial charge on any atom is 0.322 e. The summed E-state index contributed by atoms with van der Waals surface area (Å²) in [6.07, 6.45) is -0.318. The summed E-state index contributed by atoms with van der Waals surface area (Å²) in [6, 6.07) is 8.28. The minimum atomic E-state index is -1.30. The molecule has 0 bridgehead atoms. The molecule has 11 heteroatoms. The minimum Gasteiger partial charge on any atom is -0.480 e. The van der Waals surface area contributed by atoms with Gasteiger partial charge in [0.1, 0.15) is 24.2 Å². The number of halogens is 2. The van der Waals surface area contributed by atoms with Crippen LogP contribution in [0.4, 0.5) is 8.78 Å². The van der Waals surface area contributed by atoms with E-state index in [1.807, 2.05) is 13.8 Å². The fraction of sp³-hybridized carbons (Fsp3) is 0.440. The van der Waals surface area contributed by atoms with Crippen LogP contribution in [-0.2, 0) is 20.9 Å². The highest BCUT2D eigenvalue weighted by Gasteiger charge is 2.57. The van der Waals surface area contributed by atoms with Gasteiger partial charge in [-0.2, -0.15) is 0 Å². The molecule has 0 radical (unpaired) electrons. The fourth-order valence-electron chi connectivity index (χ4n) is 4.72. The number of carbonyl (C=O) groups is 2. The van der Waals surface area contributed by atoms with Crippen LogP contribution in [0, 0.1) is 33.6 Å². The molecule has 2 aromatic carbocycles. The molecule has 1 aliphatic rings. The molecule has 0 saturated carbocycles. The summed E-state index contributed by atoms with van der Waals surface area (Å²) in [4.78, 5) is 36.0. The van der Waals surface area contributed by atoms with Crippen LogP contribution in [-0.4, -0.2) is 46.6 Å². The van der Waals surface area contributed by atoms with E-state index in [0.717, 1.165) is 18.2 Å². The number of carbonyl (C=O) groups excluding carboxylic acids is 1. The highest BCUT2D eigenvalue weighted by Crippen LogP contribution is 2.39. The summed E-state index contributed by atoms with van der Waals surface area (Å²) in [7, 11) is 0. The predicted octanol–water partition coefficient (Wildman–Crippen LogP) is 3.07. The van der Waals surface area contributed by atoms with E-state index in [0.29, 0.717) is 12.0 Å². The second kappa shape index (κ2) is 12.0. The normalized spacial score (nSPS) is 23.1. The number of hydrogen-bond acceptors (Lipinski definition) is 6. The van der Waals surface area contributed by atoms with Crippen molar-refractivity contribution < 1.29 is 33.1 Å². The van der Waals surface area contributed by atoms with Crippen molar-refractivity contribution >= 4 is 11.9 Å². The van der Waals surface area contributed by atoms with Crippen molar-refractivity contribution in [3.05, 3.63) is 81.4 Å². The largest absolute Gasteiger partial charge is 0.480 e. The van der Waals surface area contributed by atoms with Crippen molar-refractivity contribution in [3.8, 4) is 0 Å². The van der Waals surface area contributed by atoms with Crippen LogP contribution in [0.25, 0.3) is 0 Å². The van der Waals surface area contributed by atoms with Crippen LogP contribution in [0.5, 0.6) is 0 Å². The monoisotopic (exact) mass is 505 g/mol. The quantitative estimate of drug-likeness (QED) is 0.316. The molecule has 3 rings (SSSR count). The number of carboxylic acid groups (broad SMARTS) is 1. The van der Waals surface area contributed by atoms with Crippen molar-refractivity contribution in [1.82, 2.24) is 10.6 Å². The van der Waals surface area contributed by atoms with Gasteiger partial charge in [0.15, 0.2) is 0 Å². The Balaban J connectivity index is 2.01. The lowest BCUT2D eigenvalue weighted by atomic mass is 9.80. The second-order valence-electron chi connectivity index (χ2n) is 8.94. The zero-order valence-corrected chi connectivity index (χ0v) is 19.9. The van der Waals surface area contributed by atoms with Gasteiger partial charge < -0.3 is 15.2 Å². The van der Waals surface area contributed by atoms with E-state index in [-0.39, 0.29) is 18.1 Å². The highest BCUT2D eigenvalue weighted by atomic mass is 19.1. The molecule has 1 saturated heterocycles. The Morgan fingerprint density at radius 1 is 1.19 bits per heavy atom. The standard InChI is InChI=1S/C25H29F2N3O6/c1-3-14(2)24(36-13-15-9-17(26)11-18(27)10-15)20-22(25(33)28-12-19(31)32)29-21(23(20)30(34)35)16-7-5-4-6-8-16/h4-11,14,20-24,29H,3,12-13H2,1-2H3,(H,28,33)(H,31,32)/t14-,20?,21?,22?,23?,24-/m0/s1. The Hall–Kier alpha value is -3.44. The molecule has 36 heavy (non-hydrogen) atoms. The number of rotatable bonds is 11. The number of carboxylic acids is 1. The van der Waals surface area contributed by atoms with E-state index in [2.05, 4.69) is 10.6 Å². The summed E-state index contributed by atoms with van der Waals surface area (Å²) in [5, 5.41) is 26.7. The zero-order valence-electron chi connectivity index (χ0n) is 19.9. The smallest absolute Gasteiger partial charge is 0.322 e. The Kier molecular flexibility index (Phi) is 9.05. The third kappa shape index (κ3) is 6.41. The molecule has 0 spiro atoms. The molecule has 2 aromatic rings. The fourth-order valence-corrected chi connectivity index (χ4v) is 4.72. The van der Waals surface area contributed by atoms with Gasteiger partial charge in [-0.05, 0) is 29.2 Å². The number of amides is 1. The van der Waals surface area contributed by atoms with Crippen molar-refractivity contribution in [1.29, 1.82) is 0 Å². The van der Waals surface area contributed by atoms with Crippen LogP contribution < -0.4 is 10.6 Å². The molecule has 194 valence electrons. The van der Waals surface area contributed by atoms with Gasteiger partial charge in [0.05, 0.1) is 24.7 Å². The van der Waals surface area contributed by atoms with Crippen molar-refractivity contribution in [2.75, 3.05) is 6.54 Å². The molecule has 9 nitrogen and oxygen atoms in total. The van der Waals surface area contributed by atoms with Crippen LogP contribution in [0.3, 0.4) is 0 Å². The molecule has 0 aliphatic carbocycles. The summed E-state index contributed by atoms with van der Waals surface area (Å²) in [6.45, 7) is 2.79. The Morgan fingerprint density at radius 3 is 2.39 bits per heavy atom. The number of nitro groups is 1. The molecule has 1 aliphatic heterocycles. The number of nitrogens with zero attached hydrogens (tertiary/aromatic N) is 1. The van der Waals surface area contributed by atoms with Gasteiger partial charge in [-0.15, -0.1) is 0 Å². The van der Waals surface area contributed by atoms with Gasteiger partial charge >= 0.3 is 5.97 Å². The Labute approximate surface area is 207 Å². The van der Waals surface area contributed by atoms with Crippen molar-refractivity contribution in [2.45, 2.75) is 51.1 Å². The van der Waals surface area contributed by atoms with Crippen LogP contribution in [0.1, 0.15) is 37.4 Å². The van der Waals surface area contributed by atoms with E-state index in [1.165, 1.54) is 0 Å². The third-order valence-corrected chi connectivity index (χ3v) is 6.53. The SMILES string of the molecule is CC[C@H](C)[C@H](OCc1cc(F)cc(F)c1)C1C(C(=O)NCC(=O)O)NC(c2ccccc2)C1[N+](=O)[O-]. The average molecular weight is 506 g/mol. The second-order valence-corrected chi connectivity index (χ2v) is 8.94. The van der Waals surface area contributed by atoms with Crippen LogP contribution >= 0.6 is 0 Å². The van der Waals surface area contributed by atoms with Gasteiger partial charge in [-0.1, -0.05) is 50.6 Å². The minimum absolute atomic E-state index is 0.205. The van der Waals surface area contributed by atoms with Gasteiger partial charge in [-0.25, -0.2) is 8.78 Å². The number of benzene rings is 2. The molecule has 0 aromatic heterocycles. The van der Waals surface area contributed by atoms with E-state index >= 15 is 0 Å². The summed E-state index contributed by atoms with van der Waals surface area (Å²) < 4.78 is 33.5. The van der Waals surface area contributed by atoms with Gasteiger partial charge in [0, 0.05) is 11.0 Å². The topological polar surface area (TPSA) is 131 Å². The maximum absolute atomic E-state index is 13.7. The van der Waals surface area contributed by atoms with E-state index < -0.39 is 65.1 Å². The van der Waals surface area contributed by atoms with Crippen molar-refractivity contribution in [3.63, 3.8) is 0 Å². The Bertz CT molecular complexity index is 1070. The first-order valence-corrected chi connectivity index (χ1v) is 11.6. The number of aliphatic carboxylic acids is 1. The molecule has 4 unspecified atom stereocenters. The summed E-state index contributed by atoms with van der Waals surface area (Å²) in [5.41, 5.74) is 0.795. The van der Waals surface area contributed by atoms with Crippen LogP contribution in [0.2, 0.25) is 0 Å². The zero-order chi connectivity index (χ0) is 26.4. The molecule has 1 heterocycles.